The van der Waals surface area contributed by atoms with Gasteiger partial charge in [-0.05, 0) is 66.0 Å². The van der Waals surface area contributed by atoms with Crippen LogP contribution in [0.25, 0.3) is 10.8 Å². The highest BCUT2D eigenvalue weighted by atomic mass is 32.3. The van der Waals surface area contributed by atoms with Gasteiger partial charge in [-0.3, -0.25) is 27.3 Å². The third kappa shape index (κ3) is 16.5. The first-order valence-electron chi connectivity index (χ1n) is 21.0. The fourth-order valence-electron chi connectivity index (χ4n) is 6.76. The van der Waals surface area contributed by atoms with E-state index in [4.69, 9.17) is 14.8 Å². The highest BCUT2D eigenvalue weighted by Crippen LogP contribution is 2.49. The predicted octanol–water partition coefficient (Wildman–Crippen LogP) is 2.54. The lowest BCUT2D eigenvalue weighted by molar-refractivity contribution is 0.282. The maximum atomic E-state index is 12.8. The minimum atomic E-state index is -5.64. The Balaban J connectivity index is 1.44. The number of sulfone groups is 2. The number of rotatable bonds is 24. The minimum absolute atomic E-state index is 0.225. The molecule has 0 fully saturated rings. The molecule has 0 amide bonds. The number of nitrogens with two attached hydrogens (primary N) is 1. The number of nitrogen functional groups attached to an aromatic ring is 1. The summed E-state index contributed by atoms with van der Waals surface area (Å²) < 4.78 is 262. The van der Waals surface area contributed by atoms with Crippen LogP contribution in [0, 0.1) is 0 Å². The molecular weight excluding hydrogens is 1260 g/mol. The van der Waals surface area contributed by atoms with Gasteiger partial charge in [0.05, 0.1) is 46.4 Å². The molecule has 6 rings (SSSR count). The van der Waals surface area contributed by atoms with E-state index in [1.165, 1.54) is 24.3 Å². The molecule has 6 aromatic rings. The Morgan fingerprint density at radius 2 is 1.09 bits per heavy atom. The van der Waals surface area contributed by atoms with E-state index in [1.54, 1.807) is 6.07 Å². The summed E-state index contributed by atoms with van der Waals surface area (Å²) in [4.78, 5) is 6.72. The highest BCUT2D eigenvalue weighted by Gasteiger charge is 2.30. The molecule has 1 heterocycles. The molecule has 0 bridgehead atoms. The minimum Gasteiger partial charge on any atom is -0.505 e. The molecule has 11 N–H and O–H groups in total. The molecule has 5 aromatic carbocycles. The van der Waals surface area contributed by atoms with Crippen molar-refractivity contribution >= 4 is 143 Å². The van der Waals surface area contributed by atoms with Gasteiger partial charge < -0.3 is 26.2 Å². The number of hydrogen-bond acceptors (Lipinski definition) is 30. The van der Waals surface area contributed by atoms with E-state index < -0.39 is 205 Å². The van der Waals surface area contributed by atoms with Crippen LogP contribution in [0.2, 0.25) is 0 Å². The number of benzene rings is 5. The van der Waals surface area contributed by atoms with Crippen LogP contribution >= 0.6 is 0 Å². The first kappa shape index (κ1) is 63.0. The van der Waals surface area contributed by atoms with E-state index in [0.29, 0.717) is 30.3 Å². The number of nitrogens with zero attached hydrogens (tertiary/aromatic N) is 8. The van der Waals surface area contributed by atoms with Crippen molar-refractivity contribution < 1.29 is 113 Å². The summed E-state index contributed by atoms with van der Waals surface area (Å²) in [6.07, 6.45) is 0. The summed E-state index contributed by atoms with van der Waals surface area (Å²) >= 11 is 0. The van der Waals surface area contributed by atoms with Crippen molar-refractivity contribution in [3.63, 3.8) is 0 Å². The quantitative estimate of drug-likeness (QED) is 0.0236. The molecule has 0 saturated carbocycles. The molecular formula is C37H36N10O26S8. The number of azo groups is 2. The molecule has 0 aliphatic heterocycles. The van der Waals surface area contributed by atoms with Crippen molar-refractivity contribution in [2.24, 2.45) is 20.5 Å². The lowest BCUT2D eigenvalue weighted by atomic mass is 10.1. The molecule has 36 nitrogen and oxygen atoms in total. The SMILES string of the molecule is Nc1c(N=Nc2ccc(S(=O)(=O)CCOS(=O)(=O)O)cc2S(=O)(=O)O)c(S(=O)(=O)O)cc2cc(S(=O)(=O)O)c(N=Nc3cc(Nc4nc(O)nc(N(CCS(=O)(=O)CCOS(=O)(=O)O)c5ccccc5)n4)ccc3S(=O)(=O)O)c(O)c12. The average Bonchev–Trinajstić information content (AvgIpc) is 3.53. The molecule has 438 valence electrons. The number of para-hydroxylation sites is 1. The normalized spacial score (nSPS) is 13.3. The lowest BCUT2D eigenvalue weighted by Gasteiger charge is -2.23. The van der Waals surface area contributed by atoms with Crippen LogP contribution in [0.1, 0.15) is 0 Å². The third-order valence-corrected chi connectivity index (χ3v) is 17.9. The molecule has 0 saturated heterocycles. The Morgan fingerprint density at radius 1 is 0.543 bits per heavy atom. The number of phenols is 1. The van der Waals surface area contributed by atoms with Gasteiger partial charge in [0.25, 0.3) is 40.5 Å². The molecule has 81 heavy (non-hydrogen) atoms. The van der Waals surface area contributed by atoms with Crippen molar-refractivity contribution in [2.45, 2.75) is 24.5 Å². The second-order valence-corrected chi connectivity index (χ2v) is 27.9. The Bertz CT molecular complexity index is 4520. The summed E-state index contributed by atoms with van der Waals surface area (Å²) in [7, 11) is -41.0. The van der Waals surface area contributed by atoms with E-state index >= 15 is 0 Å². The average molecular weight is 1290 g/mol. The first-order chi connectivity index (χ1) is 37.1. The smallest absolute Gasteiger partial charge is 0.397 e. The van der Waals surface area contributed by atoms with Crippen LogP contribution in [0.15, 0.2) is 124 Å². The Hall–Kier alpha value is -7.15. The van der Waals surface area contributed by atoms with E-state index in [0.717, 1.165) is 17.0 Å². The predicted molar refractivity (Wildman–Crippen MR) is 274 cm³/mol. The largest absolute Gasteiger partial charge is 0.505 e. The van der Waals surface area contributed by atoms with Gasteiger partial charge in [-0.1, -0.05) is 18.2 Å². The summed E-state index contributed by atoms with van der Waals surface area (Å²) in [5.74, 6) is -5.27. The molecule has 0 aliphatic rings. The van der Waals surface area contributed by atoms with Crippen molar-refractivity contribution in [3.8, 4) is 11.8 Å². The van der Waals surface area contributed by atoms with Gasteiger partial charge in [0, 0.05) is 17.9 Å². The lowest BCUT2D eigenvalue weighted by Crippen LogP contribution is -2.29. The second-order valence-electron chi connectivity index (χ2n) is 15.8. The molecule has 44 heteroatoms. The van der Waals surface area contributed by atoms with Crippen LogP contribution in [-0.2, 0) is 89.3 Å². The highest BCUT2D eigenvalue weighted by molar-refractivity contribution is 7.92. The van der Waals surface area contributed by atoms with Crippen LogP contribution in [0.4, 0.5) is 51.7 Å². The Kier molecular flexibility index (Phi) is 18.2. The van der Waals surface area contributed by atoms with Gasteiger partial charge in [0.1, 0.15) is 42.3 Å². The molecule has 0 radical (unpaired) electrons. The van der Waals surface area contributed by atoms with Crippen LogP contribution in [0.5, 0.6) is 11.8 Å². The summed E-state index contributed by atoms with van der Waals surface area (Å²) in [5.41, 5.74) is 0.590. The van der Waals surface area contributed by atoms with Crippen molar-refractivity contribution in [3.05, 3.63) is 78.9 Å². The Morgan fingerprint density at radius 3 is 1.65 bits per heavy atom. The summed E-state index contributed by atoms with van der Waals surface area (Å²) in [6, 6.07) is 11.3. The van der Waals surface area contributed by atoms with Gasteiger partial charge >= 0.3 is 26.8 Å². The number of aromatic hydroxyl groups is 2. The molecule has 0 spiro atoms. The number of hydrogen-bond donors (Lipinski definition) is 10. The maximum Gasteiger partial charge on any atom is 0.397 e. The van der Waals surface area contributed by atoms with Gasteiger partial charge in [-0.15, -0.1) is 20.5 Å². The molecule has 0 unspecified atom stereocenters. The van der Waals surface area contributed by atoms with E-state index in [-0.39, 0.29) is 17.4 Å². The fourth-order valence-corrected chi connectivity index (χ4v) is 12.3. The van der Waals surface area contributed by atoms with Crippen molar-refractivity contribution in [1.29, 1.82) is 0 Å². The zero-order valence-electron chi connectivity index (χ0n) is 39.6. The standard InChI is InChI=1S/C37H36N10O26S8/c38-31-30-20(16-28(78(60,61)62)32(31)45-43-24-8-7-23(19-27(24)77(57,58)59)75(52,53)15-12-73-81(69,70)71)17-29(79(63,64)65)33(34(30)48)46-44-25-18-21(6-9-26(25)76(54,55)56)39-35-40-36(42-37(49)41-35)47(22-4-2-1-3-5-22)10-13-74(50,51)14-11-72-80(66,67)68/h1-9,16-19,48H,10-15,38H2,(H,54,55,56)(H,57,58,59)(H,60,61,62)(H,63,64,65)(H,66,67,68)(H,69,70,71)(H2,39,40,41,42,49). The number of phenolic OH excluding ortho intramolecular Hbond substituents is 1. The maximum absolute atomic E-state index is 12.8. The number of aromatic nitrogens is 3. The van der Waals surface area contributed by atoms with Crippen LogP contribution in [-0.4, -0.2) is 157 Å². The van der Waals surface area contributed by atoms with Gasteiger partial charge in [0.15, 0.2) is 25.4 Å². The van der Waals surface area contributed by atoms with Crippen molar-refractivity contribution in [1.82, 2.24) is 15.0 Å². The van der Waals surface area contributed by atoms with E-state index in [9.17, 15) is 95.8 Å². The van der Waals surface area contributed by atoms with Crippen molar-refractivity contribution in [2.75, 3.05) is 53.0 Å². The summed E-state index contributed by atoms with van der Waals surface area (Å²) in [5, 5.41) is 37.3. The first-order valence-corrected chi connectivity index (χ1v) is 33.0. The molecule has 0 atom stereocenters. The van der Waals surface area contributed by atoms with Gasteiger partial charge in [0.2, 0.25) is 11.9 Å². The van der Waals surface area contributed by atoms with E-state index in [2.05, 4.69) is 49.1 Å². The third-order valence-electron chi connectivity index (χ3n) is 10.2. The molecule has 1 aromatic heterocycles. The zero-order valence-corrected chi connectivity index (χ0v) is 46.1. The van der Waals surface area contributed by atoms with Gasteiger partial charge in [-0.2, -0.15) is 65.5 Å². The summed E-state index contributed by atoms with van der Waals surface area (Å²) in [6.45, 7) is -2.60. The number of anilines is 5. The van der Waals surface area contributed by atoms with E-state index in [1.807, 2.05) is 0 Å². The monoisotopic (exact) mass is 1290 g/mol. The number of fused-ring (bicyclic) bond motifs is 1. The topological polar surface area (TPSA) is 583 Å². The fraction of sp³-hybridized carbons (Fsp3) is 0.162. The van der Waals surface area contributed by atoms with Crippen LogP contribution < -0.4 is 16.0 Å². The van der Waals surface area contributed by atoms with Gasteiger partial charge in [-0.25, -0.2) is 25.2 Å². The molecule has 0 aliphatic carbocycles. The zero-order chi connectivity index (χ0) is 60.5. The van der Waals surface area contributed by atoms with Crippen LogP contribution in [0.3, 0.4) is 0 Å². The second kappa shape index (κ2) is 23.4. The number of nitrogens with one attached hydrogen (secondary N) is 1. The Labute approximate surface area is 457 Å².